The third kappa shape index (κ3) is 3.49. The van der Waals surface area contributed by atoms with E-state index in [4.69, 9.17) is 17.0 Å². The Morgan fingerprint density at radius 2 is 1.94 bits per heavy atom. The molecule has 1 aliphatic carbocycles. The summed E-state index contributed by atoms with van der Waals surface area (Å²) in [6, 6.07) is 14.1. The molecule has 1 saturated carbocycles. The summed E-state index contributed by atoms with van der Waals surface area (Å²) in [5, 5.41) is 11.3. The Labute approximate surface area is 187 Å². The van der Waals surface area contributed by atoms with Crippen molar-refractivity contribution in [2.24, 2.45) is 11.8 Å². The highest BCUT2D eigenvalue weighted by molar-refractivity contribution is 7.80. The largest absolute Gasteiger partial charge is 0.457 e. The standard InChI is InChI=1S/C24H27N3O3S/c1-14(2)12-26-20-17-11-19(28)22(30-23(17)29)21(20)27(24(26)31)13-15-6-8-16(9-7-15)18-5-3-4-10-25-18/h3-10,14,17,19-22,28H,11-13H2,1-2H3. The minimum Gasteiger partial charge on any atom is -0.457 e. The Morgan fingerprint density at radius 1 is 1.16 bits per heavy atom. The molecule has 0 spiro atoms. The maximum Gasteiger partial charge on any atom is 0.311 e. The molecule has 1 N–H and O–H groups in total. The van der Waals surface area contributed by atoms with Crippen molar-refractivity contribution >= 4 is 23.3 Å². The molecule has 5 unspecified atom stereocenters. The molecule has 2 bridgehead atoms. The van der Waals surface area contributed by atoms with Crippen LogP contribution < -0.4 is 0 Å². The lowest BCUT2D eigenvalue weighted by Gasteiger charge is -2.49. The number of rotatable bonds is 5. The summed E-state index contributed by atoms with van der Waals surface area (Å²) >= 11 is 5.90. The van der Waals surface area contributed by atoms with Gasteiger partial charge in [0.1, 0.15) is 6.10 Å². The van der Waals surface area contributed by atoms with E-state index in [9.17, 15) is 9.90 Å². The third-order valence-corrected chi connectivity index (χ3v) is 7.04. The molecule has 4 fully saturated rings. The number of fused-ring (bicyclic) bond motifs is 2. The van der Waals surface area contributed by atoms with Crippen LogP contribution in [0.5, 0.6) is 0 Å². The smallest absolute Gasteiger partial charge is 0.311 e. The van der Waals surface area contributed by atoms with Gasteiger partial charge in [-0.25, -0.2) is 0 Å². The Bertz CT molecular complexity index is 981. The fourth-order valence-corrected chi connectivity index (χ4v) is 5.64. The normalized spacial score (nSPS) is 29.5. The van der Waals surface area contributed by atoms with Crippen molar-refractivity contribution < 1.29 is 14.6 Å². The number of aliphatic hydroxyl groups is 1. The number of nitrogens with zero attached hydrogens (tertiary/aromatic N) is 3. The van der Waals surface area contributed by atoms with Gasteiger partial charge in [0, 0.05) is 24.8 Å². The van der Waals surface area contributed by atoms with E-state index in [2.05, 4.69) is 52.9 Å². The molecule has 31 heavy (non-hydrogen) atoms. The van der Waals surface area contributed by atoms with Crippen LogP contribution in [0.15, 0.2) is 48.7 Å². The second-order valence-electron chi connectivity index (χ2n) is 9.16. The molecule has 0 amide bonds. The number of hydrogen-bond donors (Lipinski definition) is 1. The highest BCUT2D eigenvalue weighted by atomic mass is 32.1. The van der Waals surface area contributed by atoms with Gasteiger partial charge in [-0.1, -0.05) is 44.2 Å². The number of carbonyl (C=O) groups is 1. The van der Waals surface area contributed by atoms with Crippen molar-refractivity contribution in [1.82, 2.24) is 14.8 Å². The Hall–Kier alpha value is -2.51. The van der Waals surface area contributed by atoms with Crippen LogP contribution in [0.2, 0.25) is 0 Å². The zero-order valence-electron chi connectivity index (χ0n) is 17.7. The van der Waals surface area contributed by atoms with Crippen LogP contribution in [0.25, 0.3) is 11.3 Å². The molecule has 3 saturated heterocycles. The summed E-state index contributed by atoms with van der Waals surface area (Å²) in [5.41, 5.74) is 3.12. The van der Waals surface area contributed by atoms with Crippen molar-refractivity contribution in [1.29, 1.82) is 0 Å². The van der Waals surface area contributed by atoms with Crippen LogP contribution in [0.3, 0.4) is 0 Å². The van der Waals surface area contributed by atoms with Crippen molar-refractivity contribution in [3.05, 3.63) is 54.2 Å². The first-order valence-electron chi connectivity index (χ1n) is 10.9. The van der Waals surface area contributed by atoms with Gasteiger partial charge < -0.3 is 19.6 Å². The topological polar surface area (TPSA) is 65.9 Å². The molecule has 2 aromatic rings. The zero-order valence-corrected chi connectivity index (χ0v) is 18.5. The molecule has 1 aromatic heterocycles. The minimum atomic E-state index is -0.639. The van der Waals surface area contributed by atoms with Crippen LogP contribution >= 0.6 is 12.2 Å². The maximum atomic E-state index is 12.5. The van der Waals surface area contributed by atoms with E-state index in [-0.39, 0.29) is 24.0 Å². The Balaban J connectivity index is 1.43. The SMILES string of the molecule is CC(C)CN1C(=S)N(Cc2ccc(-c3ccccn3)cc2)C2C3OC(=O)C(CC3O)C21. The van der Waals surface area contributed by atoms with E-state index in [0.717, 1.165) is 28.5 Å². The Kier molecular flexibility index (Phi) is 5.18. The first-order valence-corrected chi connectivity index (χ1v) is 11.3. The average molecular weight is 438 g/mol. The zero-order chi connectivity index (χ0) is 21.7. The molecule has 162 valence electrons. The fourth-order valence-electron chi connectivity index (χ4n) is 5.26. The predicted octanol–water partition coefficient (Wildman–Crippen LogP) is 2.85. The average Bonchev–Trinajstić information content (AvgIpc) is 3.03. The number of pyridine rings is 1. The van der Waals surface area contributed by atoms with Gasteiger partial charge >= 0.3 is 5.97 Å². The monoisotopic (exact) mass is 437 g/mol. The van der Waals surface area contributed by atoms with Gasteiger partial charge in [0.2, 0.25) is 0 Å². The summed E-state index contributed by atoms with van der Waals surface area (Å²) in [4.78, 5) is 21.3. The first-order chi connectivity index (χ1) is 14.9. The molecule has 6 rings (SSSR count). The minimum absolute atomic E-state index is 0.0302. The molecule has 0 radical (unpaired) electrons. The third-order valence-electron chi connectivity index (χ3n) is 6.57. The van der Waals surface area contributed by atoms with E-state index >= 15 is 0 Å². The van der Waals surface area contributed by atoms with Gasteiger partial charge in [-0.3, -0.25) is 9.78 Å². The number of aliphatic hydroxyl groups excluding tert-OH is 1. The summed E-state index contributed by atoms with van der Waals surface area (Å²) in [5.74, 6) is -0.120. The van der Waals surface area contributed by atoms with Gasteiger partial charge in [-0.15, -0.1) is 0 Å². The summed E-state index contributed by atoms with van der Waals surface area (Å²) in [6.07, 6.45) is 1.07. The van der Waals surface area contributed by atoms with Crippen molar-refractivity contribution in [3.63, 3.8) is 0 Å². The quantitative estimate of drug-likeness (QED) is 0.570. The molecule has 7 heteroatoms. The molecule has 3 aliphatic heterocycles. The van der Waals surface area contributed by atoms with E-state index in [1.165, 1.54) is 0 Å². The summed E-state index contributed by atoms with van der Waals surface area (Å²) in [7, 11) is 0. The lowest BCUT2D eigenvalue weighted by molar-refractivity contribution is -0.199. The highest BCUT2D eigenvalue weighted by Crippen LogP contribution is 2.44. The molecule has 6 nitrogen and oxygen atoms in total. The number of hydrogen-bond acceptors (Lipinski definition) is 5. The number of esters is 1. The molecular weight excluding hydrogens is 410 g/mol. The molecule has 5 atom stereocenters. The molecule has 4 heterocycles. The van der Waals surface area contributed by atoms with Gasteiger partial charge in [0.15, 0.2) is 5.11 Å². The van der Waals surface area contributed by atoms with Crippen LogP contribution in [-0.2, 0) is 16.1 Å². The van der Waals surface area contributed by atoms with Gasteiger partial charge in [-0.05, 0) is 42.3 Å². The highest BCUT2D eigenvalue weighted by Gasteiger charge is 2.62. The van der Waals surface area contributed by atoms with Gasteiger partial charge in [0.05, 0.1) is 29.8 Å². The number of ether oxygens (including phenoxy) is 1. The van der Waals surface area contributed by atoms with E-state index < -0.39 is 12.2 Å². The van der Waals surface area contributed by atoms with Crippen molar-refractivity contribution in [3.8, 4) is 11.3 Å². The predicted molar refractivity (Wildman–Crippen MR) is 121 cm³/mol. The van der Waals surface area contributed by atoms with Crippen LogP contribution in [-0.4, -0.2) is 61.8 Å². The summed E-state index contributed by atoms with van der Waals surface area (Å²) in [6.45, 7) is 5.72. The Morgan fingerprint density at radius 3 is 2.61 bits per heavy atom. The number of benzene rings is 1. The second-order valence-corrected chi connectivity index (χ2v) is 9.53. The second kappa shape index (κ2) is 7.88. The lowest BCUT2D eigenvalue weighted by atomic mass is 9.74. The van der Waals surface area contributed by atoms with Gasteiger partial charge in [-0.2, -0.15) is 0 Å². The van der Waals surface area contributed by atoms with Crippen LogP contribution in [0.4, 0.5) is 0 Å². The molecule has 4 aliphatic rings. The van der Waals surface area contributed by atoms with Crippen LogP contribution in [0.1, 0.15) is 25.8 Å². The maximum absolute atomic E-state index is 12.5. The fraction of sp³-hybridized carbons (Fsp3) is 0.458. The van der Waals surface area contributed by atoms with E-state index in [1.54, 1.807) is 6.20 Å². The van der Waals surface area contributed by atoms with Crippen molar-refractivity contribution in [2.75, 3.05) is 6.54 Å². The number of carbonyl (C=O) groups excluding carboxylic acids is 1. The molecular formula is C24H27N3O3S. The lowest BCUT2D eigenvalue weighted by Crippen LogP contribution is -2.66. The van der Waals surface area contributed by atoms with E-state index in [0.29, 0.717) is 18.9 Å². The number of aromatic nitrogens is 1. The van der Waals surface area contributed by atoms with Crippen molar-refractivity contribution in [2.45, 2.75) is 51.1 Å². The number of thiocarbonyl (C=S) groups is 1. The first kappa shape index (κ1) is 20.4. The summed E-state index contributed by atoms with van der Waals surface area (Å²) < 4.78 is 5.63. The molecule has 1 aromatic carbocycles. The van der Waals surface area contributed by atoms with Gasteiger partial charge in [0.25, 0.3) is 0 Å². The van der Waals surface area contributed by atoms with Crippen LogP contribution in [0, 0.1) is 11.8 Å². The van der Waals surface area contributed by atoms with E-state index in [1.807, 2.05) is 18.2 Å².